The predicted octanol–water partition coefficient (Wildman–Crippen LogP) is 3.62. The van der Waals surface area contributed by atoms with Gasteiger partial charge < -0.3 is 10.1 Å². The molecule has 120 valence electrons. The Morgan fingerprint density at radius 1 is 1.17 bits per heavy atom. The molecule has 0 saturated heterocycles. The summed E-state index contributed by atoms with van der Waals surface area (Å²) in [6.07, 6.45) is -0.725. The highest BCUT2D eigenvalue weighted by atomic mass is 16.6. The first kappa shape index (κ1) is 16.5. The zero-order valence-electron chi connectivity index (χ0n) is 13.2. The molecule has 1 unspecified atom stereocenters. The van der Waals surface area contributed by atoms with Crippen LogP contribution in [0.3, 0.4) is 0 Å². The van der Waals surface area contributed by atoms with E-state index < -0.39 is 11.0 Å². The monoisotopic (exact) mass is 314 g/mol. The summed E-state index contributed by atoms with van der Waals surface area (Å²) in [6.45, 7) is 5.53. The number of hydrogen-bond donors (Lipinski definition) is 1. The number of nitrogens with zero attached hydrogens (tertiary/aromatic N) is 1. The van der Waals surface area contributed by atoms with E-state index in [9.17, 15) is 14.9 Å². The fourth-order valence-electron chi connectivity index (χ4n) is 2.09. The minimum absolute atomic E-state index is 0.0234. The molecule has 2 aromatic rings. The van der Waals surface area contributed by atoms with Crippen LogP contribution < -0.4 is 10.1 Å². The molecule has 1 atom stereocenters. The Labute approximate surface area is 134 Å². The summed E-state index contributed by atoms with van der Waals surface area (Å²) in [4.78, 5) is 22.3. The van der Waals surface area contributed by atoms with E-state index in [-0.39, 0.29) is 11.6 Å². The van der Waals surface area contributed by atoms with Crippen LogP contribution in [0.1, 0.15) is 18.1 Å². The highest BCUT2D eigenvalue weighted by Gasteiger charge is 2.16. The zero-order valence-corrected chi connectivity index (χ0v) is 13.2. The second-order valence-electron chi connectivity index (χ2n) is 5.32. The van der Waals surface area contributed by atoms with Gasteiger partial charge in [-0.1, -0.05) is 17.7 Å². The van der Waals surface area contributed by atoms with Gasteiger partial charge in [0.2, 0.25) is 0 Å². The van der Waals surface area contributed by atoms with Gasteiger partial charge in [-0.05, 0) is 44.5 Å². The van der Waals surface area contributed by atoms with Gasteiger partial charge in [-0.2, -0.15) is 0 Å². The van der Waals surface area contributed by atoms with Crippen molar-refractivity contribution in [2.45, 2.75) is 26.9 Å². The van der Waals surface area contributed by atoms with E-state index in [0.29, 0.717) is 5.75 Å². The molecule has 0 saturated carbocycles. The number of rotatable bonds is 5. The van der Waals surface area contributed by atoms with Crippen LogP contribution in [0.2, 0.25) is 0 Å². The van der Waals surface area contributed by atoms with Gasteiger partial charge in [0.15, 0.2) is 6.10 Å². The highest BCUT2D eigenvalue weighted by molar-refractivity contribution is 5.94. The van der Waals surface area contributed by atoms with E-state index >= 15 is 0 Å². The molecule has 0 aliphatic carbocycles. The Morgan fingerprint density at radius 2 is 1.83 bits per heavy atom. The van der Waals surface area contributed by atoms with Crippen LogP contribution >= 0.6 is 0 Å². The van der Waals surface area contributed by atoms with Gasteiger partial charge in [0, 0.05) is 17.8 Å². The molecule has 0 aliphatic heterocycles. The van der Waals surface area contributed by atoms with Crippen LogP contribution in [0.25, 0.3) is 0 Å². The van der Waals surface area contributed by atoms with E-state index in [1.807, 2.05) is 32.0 Å². The molecule has 2 aromatic carbocycles. The number of nitro benzene ring substituents is 1. The first-order chi connectivity index (χ1) is 10.9. The first-order valence-corrected chi connectivity index (χ1v) is 7.16. The Bertz CT molecular complexity index is 726. The lowest BCUT2D eigenvalue weighted by molar-refractivity contribution is -0.384. The number of nitrogens with one attached hydrogen (secondary N) is 1. The number of nitro groups is 1. The summed E-state index contributed by atoms with van der Waals surface area (Å²) in [6, 6.07) is 11.4. The lowest BCUT2D eigenvalue weighted by Crippen LogP contribution is -2.30. The fraction of sp³-hybridized carbons (Fsp3) is 0.235. The lowest BCUT2D eigenvalue weighted by atomic mass is 10.1. The van der Waals surface area contributed by atoms with Crippen LogP contribution in [0, 0.1) is 24.0 Å². The third-order valence-corrected chi connectivity index (χ3v) is 3.37. The molecule has 0 fully saturated rings. The minimum Gasteiger partial charge on any atom is -0.481 e. The summed E-state index contributed by atoms with van der Waals surface area (Å²) in [5.41, 5.74) is 2.81. The average molecular weight is 314 g/mol. The number of benzene rings is 2. The first-order valence-electron chi connectivity index (χ1n) is 7.16. The Kier molecular flexibility index (Phi) is 4.95. The summed E-state index contributed by atoms with van der Waals surface area (Å²) in [5, 5.41) is 13.4. The molecule has 0 bridgehead atoms. The van der Waals surface area contributed by atoms with E-state index in [1.165, 1.54) is 24.3 Å². The second kappa shape index (κ2) is 6.91. The normalized spacial score (nSPS) is 11.6. The molecular weight excluding hydrogens is 296 g/mol. The number of anilines is 1. The molecule has 0 radical (unpaired) electrons. The number of carbonyl (C=O) groups excluding carboxylic acids is 1. The maximum atomic E-state index is 12.2. The minimum atomic E-state index is -0.725. The quantitative estimate of drug-likeness (QED) is 0.675. The van der Waals surface area contributed by atoms with Gasteiger partial charge in [0.1, 0.15) is 5.75 Å². The Balaban J connectivity index is 2.00. The maximum absolute atomic E-state index is 12.2. The van der Waals surface area contributed by atoms with Gasteiger partial charge in [0.05, 0.1) is 4.92 Å². The summed E-state index contributed by atoms with van der Waals surface area (Å²) in [7, 11) is 0. The number of carbonyl (C=O) groups is 1. The maximum Gasteiger partial charge on any atom is 0.269 e. The number of hydrogen-bond acceptors (Lipinski definition) is 4. The zero-order chi connectivity index (χ0) is 17.0. The molecule has 1 N–H and O–H groups in total. The number of amides is 1. The van der Waals surface area contributed by atoms with Crippen molar-refractivity contribution in [2.75, 3.05) is 5.32 Å². The van der Waals surface area contributed by atoms with E-state index in [0.717, 1.165) is 16.8 Å². The van der Waals surface area contributed by atoms with Crippen molar-refractivity contribution in [3.63, 3.8) is 0 Å². The second-order valence-corrected chi connectivity index (χ2v) is 5.32. The fourth-order valence-corrected chi connectivity index (χ4v) is 2.09. The summed E-state index contributed by atoms with van der Waals surface area (Å²) < 4.78 is 5.51. The summed E-state index contributed by atoms with van der Waals surface area (Å²) in [5.74, 6) is 0.120. The van der Waals surface area contributed by atoms with Gasteiger partial charge >= 0.3 is 0 Å². The smallest absolute Gasteiger partial charge is 0.269 e. The largest absolute Gasteiger partial charge is 0.481 e. The van der Waals surface area contributed by atoms with E-state index in [4.69, 9.17) is 4.74 Å². The molecular formula is C17H18N2O4. The van der Waals surface area contributed by atoms with Gasteiger partial charge in [-0.25, -0.2) is 0 Å². The molecule has 23 heavy (non-hydrogen) atoms. The number of non-ortho nitro benzene ring substituents is 1. The van der Waals surface area contributed by atoms with Gasteiger partial charge in [-0.3, -0.25) is 14.9 Å². The van der Waals surface area contributed by atoms with Crippen molar-refractivity contribution in [1.29, 1.82) is 0 Å². The topological polar surface area (TPSA) is 81.5 Å². The van der Waals surface area contributed by atoms with Crippen molar-refractivity contribution in [3.8, 4) is 5.75 Å². The summed E-state index contributed by atoms with van der Waals surface area (Å²) >= 11 is 0. The average Bonchev–Trinajstić information content (AvgIpc) is 2.50. The number of aryl methyl sites for hydroxylation is 2. The molecule has 6 nitrogen and oxygen atoms in total. The van der Waals surface area contributed by atoms with Crippen molar-refractivity contribution in [2.24, 2.45) is 0 Å². The molecule has 0 spiro atoms. The molecule has 6 heteroatoms. The predicted molar refractivity (Wildman–Crippen MR) is 87.7 cm³/mol. The van der Waals surface area contributed by atoms with Crippen molar-refractivity contribution < 1.29 is 14.5 Å². The van der Waals surface area contributed by atoms with Crippen molar-refractivity contribution in [3.05, 3.63) is 63.7 Å². The van der Waals surface area contributed by atoms with Crippen LogP contribution in [-0.2, 0) is 4.79 Å². The highest BCUT2D eigenvalue weighted by Crippen LogP contribution is 2.20. The van der Waals surface area contributed by atoms with Gasteiger partial charge in [0.25, 0.3) is 11.6 Å². The number of ether oxygens (including phenoxy) is 1. The third kappa shape index (κ3) is 4.29. The Morgan fingerprint density at radius 3 is 2.39 bits per heavy atom. The van der Waals surface area contributed by atoms with E-state index in [1.54, 1.807) is 6.92 Å². The van der Waals surface area contributed by atoms with Crippen LogP contribution in [0.5, 0.6) is 5.75 Å². The van der Waals surface area contributed by atoms with E-state index in [2.05, 4.69) is 5.32 Å². The lowest BCUT2D eigenvalue weighted by Gasteiger charge is -2.16. The molecule has 1 amide bonds. The standard InChI is InChI=1S/C17H18N2O4/c1-11-4-9-16(12(2)10-11)18-17(20)13(3)23-15-7-5-14(6-8-15)19(21)22/h4-10,13H,1-3H3,(H,18,20). The van der Waals surface area contributed by atoms with Crippen molar-refractivity contribution >= 4 is 17.3 Å². The molecule has 0 aromatic heterocycles. The van der Waals surface area contributed by atoms with Gasteiger partial charge in [-0.15, -0.1) is 0 Å². The Hall–Kier alpha value is -2.89. The van der Waals surface area contributed by atoms with Crippen LogP contribution in [0.15, 0.2) is 42.5 Å². The van der Waals surface area contributed by atoms with Crippen LogP contribution in [0.4, 0.5) is 11.4 Å². The molecule has 0 heterocycles. The third-order valence-electron chi connectivity index (χ3n) is 3.37. The molecule has 2 rings (SSSR count). The van der Waals surface area contributed by atoms with Crippen molar-refractivity contribution in [1.82, 2.24) is 0 Å². The molecule has 0 aliphatic rings. The SMILES string of the molecule is Cc1ccc(NC(=O)C(C)Oc2ccc([N+](=O)[O-])cc2)c(C)c1. The van der Waals surface area contributed by atoms with Crippen LogP contribution in [-0.4, -0.2) is 16.9 Å².